The van der Waals surface area contributed by atoms with Crippen molar-refractivity contribution >= 4 is 35.0 Å². The molecule has 2 heterocycles. The number of Topliss-reactive ketones (excluding diaryl/α,β-unsaturated/α-hetero) is 2. The van der Waals surface area contributed by atoms with Gasteiger partial charge in [0.15, 0.2) is 0 Å². The summed E-state index contributed by atoms with van der Waals surface area (Å²) in [5.74, 6) is -4.09. The molecule has 33 heavy (non-hydrogen) atoms. The van der Waals surface area contributed by atoms with Crippen LogP contribution in [0.4, 0.5) is 0 Å². The van der Waals surface area contributed by atoms with Gasteiger partial charge in [-0.2, -0.15) is 0 Å². The third-order valence-electron chi connectivity index (χ3n) is 7.70. The lowest BCUT2D eigenvalue weighted by atomic mass is 9.77. The summed E-state index contributed by atoms with van der Waals surface area (Å²) in [7, 11) is 0. The minimum absolute atomic E-state index is 0.206. The molecule has 7 heteroatoms. The highest BCUT2D eigenvalue weighted by atomic mass is 35.5. The average Bonchev–Trinajstić information content (AvgIpc) is 3.40. The largest absolute Gasteiger partial charge is 0.349 e. The molecule has 168 valence electrons. The molecule has 0 radical (unpaired) electrons. The monoisotopic (exact) mass is 463 g/mol. The molecule has 0 aromatic heterocycles. The summed E-state index contributed by atoms with van der Waals surface area (Å²) in [6.45, 7) is 0. The van der Waals surface area contributed by atoms with E-state index >= 15 is 0 Å². The molecular formula is C26H22ClNO5. The van der Waals surface area contributed by atoms with Crippen molar-refractivity contribution in [2.75, 3.05) is 0 Å². The van der Waals surface area contributed by atoms with E-state index in [1.165, 1.54) is 4.90 Å². The smallest absolute Gasteiger partial charge is 0.237 e. The number of imide groups is 1. The standard InChI is InChI=1S/C26H22ClNO5/c27-18-13-7-6-12-17(18)21-19-20(25(32)28(24(19)31)14-8-2-1-3-9-14)26(33-21)22(29)15-10-4-5-11-16(15)23(26)30/h4-7,10-14,19-21H,1-3,8-9H2/t19-,20+,21+/m1/s1. The third kappa shape index (κ3) is 2.65. The Labute approximate surface area is 195 Å². The number of hydrogen-bond donors (Lipinski definition) is 0. The van der Waals surface area contributed by atoms with E-state index in [1.54, 1.807) is 48.5 Å². The van der Waals surface area contributed by atoms with E-state index in [0.717, 1.165) is 32.1 Å². The quantitative estimate of drug-likeness (QED) is 0.493. The van der Waals surface area contributed by atoms with Crippen LogP contribution in [0.1, 0.15) is 64.5 Å². The number of halogens is 1. The van der Waals surface area contributed by atoms with Crippen LogP contribution in [-0.4, -0.2) is 39.9 Å². The van der Waals surface area contributed by atoms with Crippen LogP contribution < -0.4 is 0 Å². The minimum atomic E-state index is -2.03. The van der Waals surface area contributed by atoms with Crippen molar-refractivity contribution in [1.29, 1.82) is 0 Å². The van der Waals surface area contributed by atoms with Gasteiger partial charge in [0.1, 0.15) is 0 Å². The highest BCUT2D eigenvalue weighted by Crippen LogP contribution is 2.58. The second-order valence-electron chi connectivity index (χ2n) is 9.34. The first-order chi connectivity index (χ1) is 16.0. The first-order valence-electron chi connectivity index (χ1n) is 11.4. The Morgan fingerprint density at radius 2 is 1.42 bits per heavy atom. The molecule has 2 aliphatic carbocycles. The third-order valence-corrected chi connectivity index (χ3v) is 8.05. The summed E-state index contributed by atoms with van der Waals surface area (Å²) in [6.07, 6.45) is 3.47. The second-order valence-corrected chi connectivity index (χ2v) is 9.75. The molecular weight excluding hydrogens is 442 g/mol. The van der Waals surface area contributed by atoms with E-state index in [-0.39, 0.29) is 23.1 Å². The number of likely N-dealkylation sites (tertiary alicyclic amines) is 1. The lowest BCUT2D eigenvalue weighted by Crippen LogP contribution is -2.52. The van der Waals surface area contributed by atoms with Crippen LogP contribution >= 0.6 is 11.6 Å². The Morgan fingerprint density at radius 1 is 0.818 bits per heavy atom. The van der Waals surface area contributed by atoms with E-state index in [1.807, 2.05) is 0 Å². The Hall–Kier alpha value is -2.83. The molecule has 2 amide bonds. The number of ether oxygens (including phenoxy) is 1. The zero-order chi connectivity index (χ0) is 22.9. The molecule has 1 saturated carbocycles. The maximum Gasteiger partial charge on any atom is 0.237 e. The fourth-order valence-electron chi connectivity index (χ4n) is 6.23. The highest BCUT2D eigenvalue weighted by Gasteiger charge is 2.75. The van der Waals surface area contributed by atoms with Gasteiger partial charge in [-0.3, -0.25) is 24.1 Å². The van der Waals surface area contributed by atoms with Gasteiger partial charge in [-0.1, -0.05) is 73.3 Å². The number of carbonyl (C=O) groups is 4. The Bertz CT molecular complexity index is 1180. The maximum atomic E-state index is 13.8. The summed E-state index contributed by atoms with van der Waals surface area (Å²) in [5, 5.41) is 0.366. The fraction of sp³-hybridized carbons (Fsp3) is 0.385. The lowest BCUT2D eigenvalue weighted by Gasteiger charge is -2.33. The number of benzene rings is 2. The topological polar surface area (TPSA) is 80.8 Å². The summed E-state index contributed by atoms with van der Waals surface area (Å²) in [4.78, 5) is 56.4. The minimum Gasteiger partial charge on any atom is -0.349 e. The molecule has 2 aromatic rings. The summed E-state index contributed by atoms with van der Waals surface area (Å²) in [5.41, 5.74) is -1.06. The number of carbonyl (C=O) groups excluding carboxylic acids is 4. The second kappa shape index (κ2) is 7.34. The molecule has 6 rings (SSSR count). The molecule has 3 atom stereocenters. The van der Waals surface area contributed by atoms with Gasteiger partial charge in [-0.15, -0.1) is 0 Å². The van der Waals surface area contributed by atoms with E-state index < -0.39 is 41.0 Å². The maximum absolute atomic E-state index is 13.8. The van der Waals surface area contributed by atoms with E-state index in [0.29, 0.717) is 10.6 Å². The molecule has 0 unspecified atom stereocenters. The van der Waals surface area contributed by atoms with E-state index in [2.05, 4.69) is 0 Å². The molecule has 6 nitrogen and oxygen atoms in total. The Morgan fingerprint density at radius 3 is 2.06 bits per heavy atom. The number of hydrogen-bond acceptors (Lipinski definition) is 5. The summed E-state index contributed by atoms with van der Waals surface area (Å²) < 4.78 is 6.28. The van der Waals surface area contributed by atoms with Crippen molar-refractivity contribution in [2.45, 2.75) is 49.9 Å². The van der Waals surface area contributed by atoms with Gasteiger partial charge in [-0.05, 0) is 18.9 Å². The van der Waals surface area contributed by atoms with Crippen LogP contribution in [0, 0.1) is 11.8 Å². The molecule has 0 bridgehead atoms. The molecule has 0 N–H and O–H groups in total. The van der Waals surface area contributed by atoms with Crippen LogP contribution in [0.5, 0.6) is 0 Å². The van der Waals surface area contributed by atoms with Gasteiger partial charge in [-0.25, -0.2) is 0 Å². The molecule has 3 fully saturated rings. The predicted molar refractivity (Wildman–Crippen MR) is 119 cm³/mol. The number of amides is 2. The SMILES string of the molecule is O=C1[C@@H]2[C@@H](C(=O)N1C1CCCCC1)C1(O[C@H]2c2ccccc2Cl)C(=O)c2ccccc2C1=O. The van der Waals surface area contributed by atoms with Crippen molar-refractivity contribution in [2.24, 2.45) is 11.8 Å². The van der Waals surface area contributed by atoms with E-state index in [9.17, 15) is 19.2 Å². The first-order valence-corrected chi connectivity index (χ1v) is 11.8. The number of fused-ring (bicyclic) bond motifs is 3. The summed E-state index contributed by atoms with van der Waals surface area (Å²) in [6, 6.07) is 13.2. The summed E-state index contributed by atoms with van der Waals surface area (Å²) >= 11 is 6.46. The van der Waals surface area contributed by atoms with Gasteiger partial charge in [0.2, 0.25) is 29.0 Å². The fourth-order valence-corrected chi connectivity index (χ4v) is 6.47. The zero-order valence-corrected chi connectivity index (χ0v) is 18.6. The van der Waals surface area contributed by atoms with Crippen LogP contribution in [0.25, 0.3) is 0 Å². The lowest BCUT2D eigenvalue weighted by molar-refractivity contribution is -0.148. The molecule has 2 saturated heterocycles. The Kier molecular flexibility index (Phi) is 4.61. The van der Waals surface area contributed by atoms with Crippen molar-refractivity contribution in [3.05, 3.63) is 70.2 Å². The van der Waals surface area contributed by atoms with Crippen LogP contribution in [0.3, 0.4) is 0 Å². The van der Waals surface area contributed by atoms with Crippen molar-refractivity contribution in [3.8, 4) is 0 Å². The molecule has 2 aromatic carbocycles. The van der Waals surface area contributed by atoms with Crippen LogP contribution in [-0.2, 0) is 14.3 Å². The van der Waals surface area contributed by atoms with Crippen LogP contribution in [0.2, 0.25) is 5.02 Å². The van der Waals surface area contributed by atoms with Crippen LogP contribution in [0.15, 0.2) is 48.5 Å². The van der Waals surface area contributed by atoms with Crippen molar-refractivity contribution in [1.82, 2.24) is 4.90 Å². The van der Waals surface area contributed by atoms with Gasteiger partial charge in [0.05, 0.1) is 17.9 Å². The first kappa shape index (κ1) is 20.8. The van der Waals surface area contributed by atoms with Gasteiger partial charge >= 0.3 is 0 Å². The molecule has 1 spiro atoms. The van der Waals surface area contributed by atoms with Crippen molar-refractivity contribution in [3.63, 3.8) is 0 Å². The van der Waals surface area contributed by atoms with E-state index in [4.69, 9.17) is 16.3 Å². The Balaban J connectivity index is 1.52. The normalized spacial score (nSPS) is 28.6. The number of rotatable bonds is 2. The van der Waals surface area contributed by atoms with Gasteiger partial charge in [0, 0.05) is 27.8 Å². The highest BCUT2D eigenvalue weighted by molar-refractivity contribution is 6.35. The molecule has 4 aliphatic rings. The average molecular weight is 464 g/mol. The number of nitrogens with zero attached hydrogens (tertiary/aromatic N) is 1. The predicted octanol–water partition coefficient (Wildman–Crippen LogP) is 4.16. The van der Waals surface area contributed by atoms with Crippen molar-refractivity contribution < 1.29 is 23.9 Å². The number of ketones is 2. The van der Waals surface area contributed by atoms with Gasteiger partial charge < -0.3 is 4.74 Å². The van der Waals surface area contributed by atoms with Gasteiger partial charge in [0.25, 0.3) is 0 Å². The zero-order valence-electron chi connectivity index (χ0n) is 17.8. The molecule has 2 aliphatic heterocycles.